The zero-order chi connectivity index (χ0) is 16.9. The van der Waals surface area contributed by atoms with E-state index in [4.69, 9.17) is 23.2 Å². The predicted molar refractivity (Wildman–Crippen MR) is 99.8 cm³/mol. The van der Waals surface area contributed by atoms with Crippen LogP contribution in [0.2, 0.25) is 10.0 Å². The lowest BCUT2D eigenvalue weighted by atomic mass is 9.90. The van der Waals surface area contributed by atoms with Crippen molar-refractivity contribution in [2.24, 2.45) is 0 Å². The minimum Gasteiger partial charge on any atom is -0.325 e. The summed E-state index contributed by atoms with van der Waals surface area (Å²) in [7, 11) is 0. The number of carbonyl (C=O) groups is 1. The van der Waals surface area contributed by atoms with E-state index in [0.29, 0.717) is 15.7 Å². The number of nitrogens with one attached hydrogen (secondary N) is 1. The van der Waals surface area contributed by atoms with Gasteiger partial charge >= 0.3 is 0 Å². The Bertz CT molecular complexity index is 795. The maximum atomic E-state index is 12.9. The van der Waals surface area contributed by atoms with Gasteiger partial charge in [-0.2, -0.15) is 0 Å². The summed E-state index contributed by atoms with van der Waals surface area (Å²) < 4.78 is 0. The quantitative estimate of drug-likeness (QED) is 0.632. The van der Waals surface area contributed by atoms with Gasteiger partial charge in [0.25, 0.3) is 0 Å². The van der Waals surface area contributed by atoms with Gasteiger partial charge in [-0.3, -0.25) is 4.79 Å². The molecule has 1 N–H and O–H groups in total. The molecule has 0 radical (unpaired) electrons. The Kier molecular flexibility index (Phi) is 5.19. The van der Waals surface area contributed by atoms with Crippen molar-refractivity contribution in [1.29, 1.82) is 0 Å². The van der Waals surface area contributed by atoms with E-state index in [1.54, 1.807) is 18.2 Å². The van der Waals surface area contributed by atoms with Crippen LogP contribution in [0.4, 0.5) is 5.69 Å². The van der Waals surface area contributed by atoms with E-state index in [1.807, 2.05) is 60.7 Å². The summed E-state index contributed by atoms with van der Waals surface area (Å²) in [4.78, 5) is 12.9. The van der Waals surface area contributed by atoms with Crippen LogP contribution in [0.25, 0.3) is 0 Å². The summed E-state index contributed by atoms with van der Waals surface area (Å²) in [5.41, 5.74) is 2.48. The van der Waals surface area contributed by atoms with E-state index < -0.39 is 5.92 Å². The van der Waals surface area contributed by atoms with Crippen LogP contribution in [0.5, 0.6) is 0 Å². The molecule has 24 heavy (non-hydrogen) atoms. The van der Waals surface area contributed by atoms with Crippen LogP contribution < -0.4 is 5.32 Å². The van der Waals surface area contributed by atoms with Crippen LogP contribution in [0.15, 0.2) is 78.9 Å². The zero-order valence-electron chi connectivity index (χ0n) is 12.7. The number of carbonyl (C=O) groups excluding carboxylic acids is 1. The molecule has 0 aliphatic heterocycles. The van der Waals surface area contributed by atoms with Gasteiger partial charge in [0.2, 0.25) is 5.91 Å². The molecule has 3 aromatic rings. The largest absolute Gasteiger partial charge is 0.325 e. The van der Waals surface area contributed by atoms with Crippen LogP contribution in [0.3, 0.4) is 0 Å². The molecular formula is C20H15Cl2NO. The second-order valence-electron chi connectivity index (χ2n) is 5.37. The molecule has 0 bridgehead atoms. The molecule has 120 valence electrons. The highest BCUT2D eigenvalue weighted by Crippen LogP contribution is 2.28. The van der Waals surface area contributed by atoms with E-state index in [1.165, 1.54) is 0 Å². The van der Waals surface area contributed by atoms with Crippen molar-refractivity contribution in [3.8, 4) is 0 Å². The third-order valence-corrected chi connectivity index (χ3v) is 4.45. The minimum atomic E-state index is -0.401. The van der Waals surface area contributed by atoms with Crippen molar-refractivity contribution in [1.82, 2.24) is 0 Å². The lowest BCUT2D eigenvalue weighted by Gasteiger charge is -2.18. The molecule has 0 atom stereocenters. The van der Waals surface area contributed by atoms with Crippen molar-refractivity contribution >= 4 is 34.8 Å². The maximum absolute atomic E-state index is 12.9. The highest BCUT2D eigenvalue weighted by Gasteiger charge is 2.22. The summed E-state index contributed by atoms with van der Waals surface area (Å²) in [5.74, 6) is -0.521. The summed E-state index contributed by atoms with van der Waals surface area (Å²) in [6.45, 7) is 0. The van der Waals surface area contributed by atoms with E-state index in [0.717, 1.165) is 11.1 Å². The minimum absolute atomic E-state index is 0.120. The van der Waals surface area contributed by atoms with E-state index in [2.05, 4.69) is 5.32 Å². The number of benzene rings is 3. The molecule has 0 heterocycles. The van der Waals surface area contributed by atoms with Crippen LogP contribution in [0.1, 0.15) is 17.0 Å². The first-order valence-electron chi connectivity index (χ1n) is 7.51. The van der Waals surface area contributed by atoms with E-state index in [9.17, 15) is 4.79 Å². The summed E-state index contributed by atoms with van der Waals surface area (Å²) in [5, 5.41) is 3.79. The van der Waals surface area contributed by atoms with Crippen LogP contribution in [0, 0.1) is 0 Å². The number of hydrogen-bond donors (Lipinski definition) is 1. The lowest BCUT2D eigenvalue weighted by Crippen LogP contribution is -2.22. The first-order valence-corrected chi connectivity index (χ1v) is 8.26. The zero-order valence-corrected chi connectivity index (χ0v) is 14.3. The van der Waals surface area contributed by atoms with Crippen molar-refractivity contribution in [2.75, 3.05) is 5.32 Å². The van der Waals surface area contributed by atoms with Crippen molar-refractivity contribution in [3.63, 3.8) is 0 Å². The highest BCUT2D eigenvalue weighted by molar-refractivity contribution is 6.42. The molecule has 0 saturated heterocycles. The van der Waals surface area contributed by atoms with Gasteiger partial charge in [-0.25, -0.2) is 0 Å². The molecule has 3 rings (SSSR count). The van der Waals surface area contributed by atoms with Crippen molar-refractivity contribution in [2.45, 2.75) is 5.92 Å². The summed E-state index contributed by atoms with van der Waals surface area (Å²) >= 11 is 12.0. The Hall–Kier alpha value is -2.29. The number of anilines is 1. The molecule has 0 fully saturated rings. The molecule has 0 spiro atoms. The molecule has 1 amide bonds. The fourth-order valence-electron chi connectivity index (χ4n) is 2.57. The average molecular weight is 356 g/mol. The Morgan fingerprint density at radius 2 is 1.29 bits per heavy atom. The van der Waals surface area contributed by atoms with Gasteiger partial charge in [-0.1, -0.05) is 83.9 Å². The Balaban J connectivity index is 1.93. The first-order chi connectivity index (χ1) is 11.6. The second kappa shape index (κ2) is 7.52. The number of halogens is 2. The van der Waals surface area contributed by atoms with Gasteiger partial charge in [0.15, 0.2) is 0 Å². The maximum Gasteiger partial charge on any atom is 0.236 e. The third kappa shape index (κ3) is 3.78. The van der Waals surface area contributed by atoms with E-state index >= 15 is 0 Å². The molecular weight excluding hydrogens is 341 g/mol. The van der Waals surface area contributed by atoms with E-state index in [-0.39, 0.29) is 5.91 Å². The molecule has 0 unspecified atom stereocenters. The molecule has 3 aromatic carbocycles. The molecule has 4 heteroatoms. The fourth-order valence-corrected chi connectivity index (χ4v) is 2.87. The van der Waals surface area contributed by atoms with Crippen LogP contribution >= 0.6 is 23.2 Å². The summed E-state index contributed by atoms with van der Waals surface area (Å²) in [6, 6.07) is 24.4. The fraction of sp³-hybridized carbons (Fsp3) is 0.0500. The second-order valence-corrected chi connectivity index (χ2v) is 6.19. The predicted octanol–water partition coefficient (Wildman–Crippen LogP) is 5.76. The first kappa shape index (κ1) is 16.6. The monoisotopic (exact) mass is 355 g/mol. The van der Waals surface area contributed by atoms with Gasteiger partial charge in [0.05, 0.1) is 16.0 Å². The van der Waals surface area contributed by atoms with Gasteiger partial charge in [-0.05, 0) is 29.3 Å². The van der Waals surface area contributed by atoms with Gasteiger partial charge in [-0.15, -0.1) is 0 Å². The van der Waals surface area contributed by atoms with Crippen molar-refractivity contribution < 1.29 is 4.79 Å². The van der Waals surface area contributed by atoms with Crippen LogP contribution in [-0.4, -0.2) is 5.91 Å². The van der Waals surface area contributed by atoms with Crippen molar-refractivity contribution in [3.05, 3.63) is 100 Å². The van der Waals surface area contributed by atoms with Gasteiger partial charge in [0.1, 0.15) is 0 Å². The number of hydrogen-bond acceptors (Lipinski definition) is 1. The molecule has 0 aliphatic rings. The molecule has 0 aliphatic carbocycles. The number of amides is 1. The highest BCUT2D eigenvalue weighted by atomic mass is 35.5. The summed E-state index contributed by atoms with van der Waals surface area (Å²) in [6.07, 6.45) is 0. The lowest BCUT2D eigenvalue weighted by molar-refractivity contribution is -0.116. The smallest absolute Gasteiger partial charge is 0.236 e. The Labute approximate surface area is 151 Å². The molecule has 2 nitrogen and oxygen atoms in total. The third-order valence-electron chi connectivity index (χ3n) is 3.72. The van der Waals surface area contributed by atoms with Crippen LogP contribution in [-0.2, 0) is 4.79 Å². The standard InChI is InChI=1S/C20H15Cl2NO/c21-17-12-11-16(13-18(17)22)23-20(24)19(14-7-3-1-4-8-14)15-9-5-2-6-10-15/h1-13,19H,(H,23,24). The average Bonchev–Trinajstić information content (AvgIpc) is 2.60. The Morgan fingerprint density at radius 3 is 1.79 bits per heavy atom. The topological polar surface area (TPSA) is 29.1 Å². The number of rotatable bonds is 4. The SMILES string of the molecule is O=C(Nc1ccc(Cl)c(Cl)c1)C(c1ccccc1)c1ccccc1. The molecule has 0 saturated carbocycles. The molecule has 0 aromatic heterocycles. The normalized spacial score (nSPS) is 10.6. The Morgan fingerprint density at radius 1 is 0.750 bits per heavy atom. The van der Waals surface area contributed by atoms with Gasteiger partial charge in [0, 0.05) is 5.69 Å². The van der Waals surface area contributed by atoms with Gasteiger partial charge < -0.3 is 5.32 Å².